The van der Waals surface area contributed by atoms with Crippen LogP contribution in [0.25, 0.3) is 0 Å². The van der Waals surface area contributed by atoms with Crippen molar-refractivity contribution in [3.05, 3.63) is 47.8 Å². The Morgan fingerprint density at radius 2 is 1.56 bits per heavy atom. The van der Waals surface area contributed by atoms with E-state index in [0.717, 1.165) is 23.3 Å². The molecule has 0 saturated heterocycles. The number of hydrogen-bond acceptors (Lipinski definition) is 1. The second-order valence-electron chi connectivity index (χ2n) is 8.76. The van der Waals surface area contributed by atoms with Gasteiger partial charge >= 0.3 is 0 Å². The summed E-state index contributed by atoms with van der Waals surface area (Å²) in [5.74, 6) is 2.71. The molecule has 2 fully saturated rings. The van der Waals surface area contributed by atoms with Gasteiger partial charge in [0.05, 0.1) is 12.7 Å². The minimum absolute atomic E-state index is 0.174. The van der Waals surface area contributed by atoms with E-state index in [9.17, 15) is 4.39 Å². The quantitative estimate of drug-likeness (QED) is 0.340. The highest BCUT2D eigenvalue weighted by atomic mass is 19.1. The Morgan fingerprint density at radius 1 is 0.926 bits per heavy atom. The van der Waals surface area contributed by atoms with E-state index in [1.807, 2.05) is 12.1 Å². The summed E-state index contributed by atoms with van der Waals surface area (Å²) in [6.07, 6.45) is 19.9. The molecular weight excluding hydrogens is 335 g/mol. The molecule has 1 aromatic carbocycles. The van der Waals surface area contributed by atoms with Crippen LogP contribution in [-0.2, 0) is 11.3 Å². The second kappa shape index (κ2) is 11.0. The molecule has 27 heavy (non-hydrogen) atoms. The van der Waals surface area contributed by atoms with Crippen LogP contribution < -0.4 is 0 Å². The minimum atomic E-state index is -0.174. The highest BCUT2D eigenvalue weighted by Gasteiger charge is 2.30. The molecule has 150 valence electrons. The molecule has 2 saturated carbocycles. The van der Waals surface area contributed by atoms with Crippen molar-refractivity contribution >= 4 is 0 Å². The second-order valence-corrected chi connectivity index (χ2v) is 8.76. The summed E-state index contributed by atoms with van der Waals surface area (Å²) in [6, 6.07) is 6.70. The van der Waals surface area contributed by atoms with Crippen LogP contribution in [0.3, 0.4) is 0 Å². The van der Waals surface area contributed by atoms with E-state index in [0.29, 0.717) is 12.7 Å². The third kappa shape index (κ3) is 6.75. The Balaban J connectivity index is 1.31. The SMILES string of the molecule is C/C=C\CCCC1CCC(C2CCC(OCc3ccc(F)cc3)CC2)CC1. The molecule has 0 aliphatic heterocycles. The molecule has 0 bridgehead atoms. The average Bonchev–Trinajstić information content (AvgIpc) is 2.72. The summed E-state index contributed by atoms with van der Waals surface area (Å²) in [5.41, 5.74) is 1.08. The zero-order chi connectivity index (χ0) is 18.9. The average molecular weight is 373 g/mol. The van der Waals surface area contributed by atoms with E-state index < -0.39 is 0 Å². The summed E-state index contributed by atoms with van der Waals surface area (Å²) in [4.78, 5) is 0. The van der Waals surface area contributed by atoms with Crippen LogP contribution in [0, 0.1) is 23.6 Å². The fourth-order valence-corrected chi connectivity index (χ4v) is 5.16. The van der Waals surface area contributed by atoms with Gasteiger partial charge in [-0.05, 0) is 93.7 Å². The normalized spacial score (nSPS) is 29.3. The molecule has 0 unspecified atom stereocenters. The number of halogens is 1. The van der Waals surface area contributed by atoms with Crippen LogP contribution >= 0.6 is 0 Å². The maximum absolute atomic E-state index is 13.0. The van der Waals surface area contributed by atoms with Gasteiger partial charge in [0.15, 0.2) is 0 Å². The molecule has 0 N–H and O–H groups in total. The molecule has 0 radical (unpaired) electrons. The number of ether oxygens (including phenoxy) is 1. The van der Waals surface area contributed by atoms with Gasteiger partial charge in [0.2, 0.25) is 0 Å². The highest BCUT2D eigenvalue weighted by molar-refractivity contribution is 5.15. The van der Waals surface area contributed by atoms with E-state index in [4.69, 9.17) is 4.74 Å². The predicted molar refractivity (Wildman–Crippen MR) is 111 cm³/mol. The lowest BCUT2D eigenvalue weighted by molar-refractivity contribution is -0.00286. The number of rotatable bonds is 8. The first-order valence-electron chi connectivity index (χ1n) is 11.2. The third-order valence-electron chi connectivity index (χ3n) is 6.89. The molecular formula is C25H37FO. The van der Waals surface area contributed by atoms with Gasteiger partial charge in [0, 0.05) is 0 Å². The molecule has 1 nitrogen and oxygen atoms in total. The molecule has 0 aromatic heterocycles. The van der Waals surface area contributed by atoms with E-state index in [1.165, 1.54) is 82.8 Å². The van der Waals surface area contributed by atoms with Crippen LogP contribution in [0.5, 0.6) is 0 Å². The lowest BCUT2D eigenvalue weighted by Gasteiger charge is -2.37. The Kier molecular flexibility index (Phi) is 8.38. The first kappa shape index (κ1) is 20.6. The van der Waals surface area contributed by atoms with Gasteiger partial charge in [-0.15, -0.1) is 0 Å². The molecule has 2 aliphatic carbocycles. The van der Waals surface area contributed by atoms with Crippen molar-refractivity contribution in [2.45, 2.75) is 90.3 Å². The van der Waals surface area contributed by atoms with Crippen molar-refractivity contribution in [2.24, 2.45) is 17.8 Å². The van der Waals surface area contributed by atoms with Crippen molar-refractivity contribution in [1.29, 1.82) is 0 Å². The number of allylic oxidation sites excluding steroid dienone is 2. The van der Waals surface area contributed by atoms with Gasteiger partial charge in [-0.1, -0.05) is 43.5 Å². The predicted octanol–water partition coefficient (Wildman–Crippen LogP) is 7.45. The van der Waals surface area contributed by atoms with Crippen molar-refractivity contribution in [3.63, 3.8) is 0 Å². The lowest BCUT2D eigenvalue weighted by Crippen LogP contribution is -2.28. The fraction of sp³-hybridized carbons (Fsp3) is 0.680. The van der Waals surface area contributed by atoms with Crippen LogP contribution in [0.2, 0.25) is 0 Å². The number of hydrogen-bond donors (Lipinski definition) is 0. The number of unbranched alkanes of at least 4 members (excludes halogenated alkanes) is 1. The Hall–Kier alpha value is -1.15. The minimum Gasteiger partial charge on any atom is -0.374 e. The molecule has 0 atom stereocenters. The molecule has 0 amide bonds. The summed E-state index contributed by atoms with van der Waals surface area (Å²) in [7, 11) is 0. The smallest absolute Gasteiger partial charge is 0.123 e. The summed E-state index contributed by atoms with van der Waals surface area (Å²) >= 11 is 0. The Bertz CT molecular complexity index is 548. The summed E-state index contributed by atoms with van der Waals surface area (Å²) in [5, 5.41) is 0. The van der Waals surface area contributed by atoms with Gasteiger partial charge in [-0.3, -0.25) is 0 Å². The maximum Gasteiger partial charge on any atom is 0.123 e. The molecule has 1 aromatic rings. The molecule has 0 heterocycles. The Labute approximate surface area is 165 Å². The maximum atomic E-state index is 13.0. The standard InChI is InChI=1S/C25H37FO/c1-2-3-4-5-6-20-7-11-22(12-8-20)23-13-17-25(18-14-23)27-19-21-9-15-24(26)16-10-21/h2-3,9-10,15-16,20,22-23,25H,4-8,11-14,17-19H2,1H3/b3-2-. The Morgan fingerprint density at radius 3 is 2.19 bits per heavy atom. The van der Waals surface area contributed by atoms with Crippen LogP contribution in [0.4, 0.5) is 4.39 Å². The van der Waals surface area contributed by atoms with Crippen LogP contribution in [0.1, 0.15) is 83.1 Å². The van der Waals surface area contributed by atoms with Gasteiger partial charge in [0.1, 0.15) is 5.82 Å². The van der Waals surface area contributed by atoms with Gasteiger partial charge in [-0.25, -0.2) is 4.39 Å². The first-order valence-corrected chi connectivity index (χ1v) is 11.2. The number of benzene rings is 1. The van der Waals surface area contributed by atoms with Crippen LogP contribution in [0.15, 0.2) is 36.4 Å². The molecule has 2 aliphatic rings. The van der Waals surface area contributed by atoms with Gasteiger partial charge in [-0.2, -0.15) is 0 Å². The molecule has 0 spiro atoms. The zero-order valence-corrected chi connectivity index (χ0v) is 17.0. The largest absolute Gasteiger partial charge is 0.374 e. The van der Waals surface area contributed by atoms with Crippen LogP contribution in [-0.4, -0.2) is 6.10 Å². The van der Waals surface area contributed by atoms with Gasteiger partial charge < -0.3 is 4.74 Å². The van der Waals surface area contributed by atoms with E-state index in [1.54, 1.807) is 0 Å². The highest BCUT2D eigenvalue weighted by Crippen LogP contribution is 2.41. The van der Waals surface area contributed by atoms with E-state index in [-0.39, 0.29) is 5.82 Å². The van der Waals surface area contributed by atoms with E-state index >= 15 is 0 Å². The lowest BCUT2D eigenvalue weighted by atomic mass is 9.70. The monoisotopic (exact) mass is 372 g/mol. The fourth-order valence-electron chi connectivity index (χ4n) is 5.16. The molecule has 2 heteroatoms. The van der Waals surface area contributed by atoms with Crippen molar-refractivity contribution in [2.75, 3.05) is 0 Å². The zero-order valence-electron chi connectivity index (χ0n) is 17.0. The molecule has 3 rings (SSSR count). The van der Waals surface area contributed by atoms with Crippen molar-refractivity contribution < 1.29 is 9.13 Å². The van der Waals surface area contributed by atoms with Crippen molar-refractivity contribution in [3.8, 4) is 0 Å². The van der Waals surface area contributed by atoms with Gasteiger partial charge in [0.25, 0.3) is 0 Å². The summed E-state index contributed by atoms with van der Waals surface area (Å²) in [6.45, 7) is 2.74. The third-order valence-corrected chi connectivity index (χ3v) is 6.89. The van der Waals surface area contributed by atoms with E-state index in [2.05, 4.69) is 19.1 Å². The first-order chi connectivity index (χ1) is 13.2. The topological polar surface area (TPSA) is 9.23 Å². The summed E-state index contributed by atoms with van der Waals surface area (Å²) < 4.78 is 19.1. The van der Waals surface area contributed by atoms with Crippen molar-refractivity contribution in [1.82, 2.24) is 0 Å².